The molecule has 0 radical (unpaired) electrons. The van der Waals surface area contributed by atoms with Crippen LogP contribution in [0.4, 0.5) is 26.3 Å². The molecule has 0 fully saturated rings. The van der Waals surface area contributed by atoms with Gasteiger partial charge in [-0.25, -0.2) is 5.26 Å². The number of hydrogen-bond acceptors (Lipinski definition) is 16. The number of halogens is 6. The van der Waals surface area contributed by atoms with Crippen LogP contribution in [-0.4, -0.2) is 83.6 Å². The molecule has 0 aliphatic carbocycles. The third kappa shape index (κ3) is 13.1. The van der Waals surface area contributed by atoms with E-state index in [1.165, 1.54) is 0 Å². The van der Waals surface area contributed by atoms with Gasteiger partial charge in [0.1, 0.15) is 33.6 Å². The van der Waals surface area contributed by atoms with Crippen LogP contribution in [0.15, 0.2) is 92.9 Å². The molecule has 52 heavy (non-hydrogen) atoms. The molecule has 0 unspecified atom stereocenters. The average molecular weight is 829 g/mol. The van der Waals surface area contributed by atoms with Crippen LogP contribution in [0.1, 0.15) is 11.1 Å². The number of alkyl halides is 6. The van der Waals surface area contributed by atoms with Gasteiger partial charge >= 0.3 is 32.6 Å². The molecule has 3 aromatic carbocycles. The van der Waals surface area contributed by atoms with Gasteiger partial charge in [-0.1, -0.05) is 21.4 Å². The molecular weight excluding hydrogens is 807 g/mol. The van der Waals surface area contributed by atoms with Gasteiger partial charge in [0.05, 0.1) is 12.4 Å². The molecule has 3 aromatic rings. The third-order valence-corrected chi connectivity index (χ3v) is 9.13. The maximum atomic E-state index is 13.8. The first-order valence-electron chi connectivity index (χ1n) is 13.4. The van der Waals surface area contributed by atoms with Crippen molar-refractivity contribution in [2.75, 3.05) is 24.7 Å². The summed E-state index contributed by atoms with van der Waals surface area (Å²) >= 11 is 0.653. The summed E-state index contributed by atoms with van der Waals surface area (Å²) in [6.45, 7) is -0.582. The highest BCUT2D eigenvalue weighted by Gasteiger charge is 2.40. The first-order valence-corrected chi connectivity index (χ1v) is 18.7. The van der Waals surface area contributed by atoms with Crippen molar-refractivity contribution < 1.29 is 88.8 Å². The Balaban J connectivity index is 1.80. The van der Waals surface area contributed by atoms with E-state index in [0.29, 0.717) is 30.2 Å². The Morgan fingerprint density at radius 2 is 1.10 bits per heavy atom. The topological polar surface area (TPSA) is 223 Å². The molecule has 0 amide bonds. The van der Waals surface area contributed by atoms with Gasteiger partial charge in [-0.3, -0.25) is 13.1 Å². The second-order valence-corrected chi connectivity index (χ2v) is 14.8. The van der Waals surface area contributed by atoms with E-state index in [-0.39, 0.29) is 23.9 Å². The van der Waals surface area contributed by atoms with E-state index >= 15 is 0 Å². The summed E-state index contributed by atoms with van der Waals surface area (Å²) in [6.07, 6.45) is -10.6. The van der Waals surface area contributed by atoms with Crippen molar-refractivity contribution in [3.63, 3.8) is 0 Å². The Morgan fingerprint density at radius 3 is 1.48 bits per heavy atom. The zero-order chi connectivity index (χ0) is 38.8. The van der Waals surface area contributed by atoms with Gasteiger partial charge in [0.25, 0.3) is 10.1 Å². The summed E-state index contributed by atoms with van der Waals surface area (Å²) in [5.41, 5.74) is -5.15. The lowest BCUT2D eigenvalue weighted by molar-refractivity contribution is -0.432. The Morgan fingerprint density at radius 1 is 0.673 bits per heavy atom. The normalized spacial score (nSPS) is 13.5. The van der Waals surface area contributed by atoms with Crippen LogP contribution in [0.3, 0.4) is 0 Å². The number of nitrogens with zero attached hydrogens (tertiary/aromatic N) is 2. The lowest BCUT2D eigenvalue weighted by Gasteiger charge is -2.12. The van der Waals surface area contributed by atoms with E-state index in [1.807, 2.05) is 0 Å². The molecule has 3 rings (SSSR count). The van der Waals surface area contributed by atoms with E-state index in [0.717, 1.165) is 54.6 Å². The molecule has 0 saturated carbocycles. The fraction of sp³-hybridized carbons (Fsp3) is 0.231. The fourth-order valence-corrected chi connectivity index (χ4v) is 5.69. The molecular formula is C26H22F6N2O14S4. The molecule has 0 aliphatic rings. The molecule has 0 spiro atoms. The van der Waals surface area contributed by atoms with Crippen LogP contribution in [0.2, 0.25) is 0 Å². The summed E-state index contributed by atoms with van der Waals surface area (Å²) in [7, 11) is -15.0. The first-order chi connectivity index (χ1) is 24.1. The lowest BCUT2D eigenvalue weighted by Crippen LogP contribution is -2.25. The van der Waals surface area contributed by atoms with Gasteiger partial charge in [0.15, 0.2) is 11.4 Å². The van der Waals surface area contributed by atoms with Gasteiger partial charge in [0, 0.05) is 23.2 Å². The van der Waals surface area contributed by atoms with Crippen LogP contribution in [0.25, 0.3) is 0 Å². The number of ether oxygens (including phenoxy) is 2. The highest BCUT2D eigenvalue weighted by atomic mass is 32.2. The van der Waals surface area contributed by atoms with Crippen LogP contribution in [-0.2, 0) is 48.3 Å². The van der Waals surface area contributed by atoms with Crippen LogP contribution in [0.5, 0.6) is 11.5 Å². The summed E-state index contributed by atoms with van der Waals surface area (Å²) in [4.78, 5) is -2.20. The minimum Gasteiger partial charge on any atom is -0.493 e. The van der Waals surface area contributed by atoms with Crippen LogP contribution < -0.4 is 9.47 Å². The maximum absolute atomic E-state index is 13.8. The number of rotatable bonds is 18. The number of benzene rings is 3. The van der Waals surface area contributed by atoms with E-state index in [2.05, 4.69) is 28.3 Å². The summed E-state index contributed by atoms with van der Waals surface area (Å²) in [6, 6.07) is 9.74. The molecule has 16 nitrogen and oxygen atoms in total. The van der Waals surface area contributed by atoms with Crippen molar-refractivity contribution in [1.29, 1.82) is 0 Å². The van der Waals surface area contributed by atoms with Crippen molar-refractivity contribution >= 4 is 53.8 Å². The average Bonchev–Trinajstić information content (AvgIpc) is 3.04. The highest BCUT2D eigenvalue weighted by Crippen LogP contribution is 2.28. The zero-order valence-electron chi connectivity index (χ0n) is 25.3. The van der Waals surface area contributed by atoms with Crippen molar-refractivity contribution in [1.82, 2.24) is 0 Å². The first kappa shape index (κ1) is 42.2. The predicted octanol–water partition coefficient (Wildman–Crippen LogP) is 4.75. The molecule has 0 aliphatic heterocycles. The molecule has 0 heterocycles. The monoisotopic (exact) mass is 828 g/mol. The van der Waals surface area contributed by atoms with E-state index < -0.39 is 87.4 Å². The number of oxime groups is 2. The Bertz CT molecular complexity index is 2060. The molecule has 0 atom stereocenters. The van der Waals surface area contributed by atoms with Crippen molar-refractivity contribution in [2.45, 2.75) is 22.1 Å². The molecule has 2 N–H and O–H groups in total. The third-order valence-electron chi connectivity index (χ3n) is 5.75. The molecule has 0 bridgehead atoms. The Kier molecular flexibility index (Phi) is 14.3. The second kappa shape index (κ2) is 17.6. The lowest BCUT2D eigenvalue weighted by atomic mass is 10.1. The molecule has 0 aromatic heterocycles. The zero-order valence-corrected chi connectivity index (χ0v) is 28.6. The largest absolute Gasteiger partial charge is 0.493 e. The van der Waals surface area contributed by atoms with Crippen LogP contribution >= 0.6 is 12.0 Å². The standard InChI is InChI=1S/C26H22F6N2O14S4/c27-25(28,29)23(17-4-8-19(9-5-17)43-12-14-49-48-47-35)33-45-51(39,40)21-2-1-3-22(16-21)52(41,42)46-34-24(26(30,31)32)18-6-10-20(11-7-18)44-13-15-50(36,37)38/h1-11,16,35H,12-15H2,(H,36,37,38)/b33-23-,34-24+. The van der Waals surface area contributed by atoms with Crippen molar-refractivity contribution in [2.24, 2.45) is 10.3 Å². The minimum absolute atomic E-state index is 0.0277. The predicted molar refractivity (Wildman–Crippen MR) is 166 cm³/mol. The van der Waals surface area contributed by atoms with E-state index in [1.54, 1.807) is 0 Å². The SMILES string of the molecule is O=S(=O)(O)CCOc1ccc(/C(=N\OS(=O)(=O)c2cccc(S(=O)(=O)O/N=C(/c3ccc(OCCSOOO)cc3)C(F)(F)F)c2)C(F)(F)F)cc1. The maximum Gasteiger partial charge on any atom is 0.437 e. The van der Waals surface area contributed by atoms with E-state index in [9.17, 15) is 51.6 Å². The van der Waals surface area contributed by atoms with Gasteiger partial charge < -0.3 is 9.47 Å². The summed E-state index contributed by atoms with van der Waals surface area (Å²) < 4.78 is 186. The fourth-order valence-electron chi connectivity index (χ4n) is 3.51. The smallest absolute Gasteiger partial charge is 0.437 e. The molecule has 0 saturated heterocycles. The Hall–Kier alpha value is -4.18. The molecule has 286 valence electrons. The highest BCUT2D eigenvalue weighted by molar-refractivity contribution is 7.94. The second-order valence-electron chi connectivity index (χ2n) is 9.40. The van der Waals surface area contributed by atoms with Crippen LogP contribution in [0, 0.1) is 0 Å². The van der Waals surface area contributed by atoms with Gasteiger partial charge in [-0.2, -0.15) is 51.6 Å². The van der Waals surface area contributed by atoms with E-state index in [4.69, 9.17) is 19.3 Å². The van der Waals surface area contributed by atoms with Gasteiger partial charge in [-0.05, 0) is 66.7 Å². The minimum atomic E-state index is -5.32. The number of hydrogen-bond donors (Lipinski definition) is 2. The van der Waals surface area contributed by atoms with Crippen molar-refractivity contribution in [3.05, 3.63) is 83.9 Å². The van der Waals surface area contributed by atoms with Gasteiger partial charge in [0.2, 0.25) is 0 Å². The summed E-state index contributed by atoms with van der Waals surface area (Å²) in [5, 5.41) is 16.8. The quantitative estimate of drug-likeness (QED) is 0.0336. The Labute approximate surface area is 294 Å². The molecule has 26 heteroatoms. The summed E-state index contributed by atoms with van der Waals surface area (Å²) in [5.74, 6) is -0.738. The van der Waals surface area contributed by atoms with Gasteiger partial charge in [-0.15, -0.1) is 4.33 Å². The van der Waals surface area contributed by atoms with Crippen molar-refractivity contribution in [3.8, 4) is 11.5 Å².